The third-order valence-electron chi connectivity index (χ3n) is 5.18. The van der Waals surface area contributed by atoms with Crippen molar-refractivity contribution in [2.75, 3.05) is 13.7 Å². The van der Waals surface area contributed by atoms with Crippen molar-refractivity contribution < 1.29 is 24.2 Å². The van der Waals surface area contributed by atoms with Gasteiger partial charge < -0.3 is 9.84 Å². The van der Waals surface area contributed by atoms with E-state index >= 15 is 0 Å². The van der Waals surface area contributed by atoms with E-state index in [1.807, 2.05) is 20.8 Å². The number of carbonyl (C=O) groups excluding carboxylic acids is 3. The smallest absolute Gasteiger partial charge is 0.264 e. The average molecular weight is 398 g/mol. The number of carbonyl (C=O) groups is 3. The number of hydrogen-bond donors (Lipinski definition) is 0. The van der Waals surface area contributed by atoms with Crippen LogP contribution in [0, 0.1) is 5.41 Å². The van der Waals surface area contributed by atoms with Crippen LogP contribution >= 0.6 is 0 Å². The number of azo groups is 1. The van der Waals surface area contributed by atoms with Crippen molar-refractivity contribution >= 4 is 23.3 Å². The van der Waals surface area contributed by atoms with Gasteiger partial charge in [0.1, 0.15) is 5.70 Å². The highest BCUT2D eigenvalue weighted by molar-refractivity contribution is 6.23. The van der Waals surface area contributed by atoms with Gasteiger partial charge in [-0.3, -0.25) is 19.3 Å². The zero-order valence-electron chi connectivity index (χ0n) is 17.0. The van der Waals surface area contributed by atoms with Gasteiger partial charge >= 0.3 is 0 Å². The van der Waals surface area contributed by atoms with Crippen molar-refractivity contribution in [3.63, 3.8) is 0 Å². The van der Waals surface area contributed by atoms with Crippen molar-refractivity contribution in [3.05, 3.63) is 40.8 Å². The molecule has 2 amide bonds. The minimum atomic E-state index is -0.476. The molecule has 1 aliphatic carbocycles. The molecule has 0 fully saturated rings. The van der Waals surface area contributed by atoms with Crippen LogP contribution in [0.3, 0.4) is 0 Å². The lowest BCUT2D eigenvalue weighted by molar-refractivity contribution is -0.312. The van der Waals surface area contributed by atoms with Crippen molar-refractivity contribution in [1.82, 2.24) is 4.90 Å². The molecular formula is C21H24N3O5-. The van der Waals surface area contributed by atoms with E-state index in [0.29, 0.717) is 6.42 Å². The summed E-state index contributed by atoms with van der Waals surface area (Å²) in [5.41, 5.74) is -0.0866. The van der Waals surface area contributed by atoms with Crippen LogP contribution in [0.5, 0.6) is 0 Å². The fraction of sp³-hybridized carbons (Fsp3) is 0.476. The van der Waals surface area contributed by atoms with E-state index in [9.17, 15) is 19.5 Å². The first kappa shape index (κ1) is 20.9. The Labute approximate surface area is 169 Å². The largest absolute Gasteiger partial charge is 0.874 e. The molecule has 0 aromatic heterocycles. The number of benzene rings is 1. The molecule has 0 N–H and O–H groups in total. The standard InChI is InChI=1S/C21H25N3O5/c1-5-12(11-29-4)24-19(27)13-7-6-8-14(17(13)20(24)28)22-23-18-15(25)9-21(2,3)10-16(18)26/h6-8,12,25H,5,9-11H2,1-4H3/p-1. The minimum absolute atomic E-state index is 0.132. The van der Waals surface area contributed by atoms with E-state index in [0.717, 1.165) is 0 Å². The van der Waals surface area contributed by atoms with E-state index in [1.54, 1.807) is 12.1 Å². The molecule has 8 heteroatoms. The molecule has 0 saturated heterocycles. The maximum absolute atomic E-state index is 13.0. The molecule has 1 heterocycles. The molecule has 1 aliphatic heterocycles. The van der Waals surface area contributed by atoms with Gasteiger partial charge in [0.2, 0.25) is 0 Å². The second-order valence-corrected chi connectivity index (χ2v) is 8.11. The van der Waals surface area contributed by atoms with Gasteiger partial charge in [0.15, 0.2) is 5.78 Å². The summed E-state index contributed by atoms with van der Waals surface area (Å²) in [6, 6.07) is 4.30. The molecule has 0 spiro atoms. The molecule has 0 radical (unpaired) electrons. The van der Waals surface area contributed by atoms with Crippen LogP contribution in [0.25, 0.3) is 0 Å². The number of amides is 2. The van der Waals surface area contributed by atoms with Crippen LogP contribution in [-0.4, -0.2) is 42.3 Å². The minimum Gasteiger partial charge on any atom is -0.874 e. The molecule has 1 aromatic carbocycles. The van der Waals surface area contributed by atoms with E-state index in [4.69, 9.17) is 4.74 Å². The molecule has 0 saturated carbocycles. The lowest BCUT2D eigenvalue weighted by atomic mass is 9.78. The van der Waals surface area contributed by atoms with Gasteiger partial charge in [-0.15, -0.1) is 10.2 Å². The highest BCUT2D eigenvalue weighted by Crippen LogP contribution is 2.37. The van der Waals surface area contributed by atoms with Gasteiger partial charge in [-0.25, -0.2) is 0 Å². The first-order valence-electron chi connectivity index (χ1n) is 9.55. The molecule has 2 aliphatic rings. The maximum Gasteiger partial charge on any atom is 0.264 e. The molecule has 1 aromatic rings. The molecule has 1 unspecified atom stereocenters. The zero-order chi connectivity index (χ0) is 21.3. The SMILES string of the molecule is CCC(COC)N1C(=O)c2cccc(N=NC3=C([O-])CC(C)(C)CC3=O)c2C1=O. The zero-order valence-corrected chi connectivity index (χ0v) is 17.0. The number of nitrogens with zero attached hydrogens (tertiary/aromatic N) is 3. The Balaban J connectivity index is 1.96. The van der Waals surface area contributed by atoms with Crippen LogP contribution in [0.4, 0.5) is 5.69 Å². The summed E-state index contributed by atoms with van der Waals surface area (Å²) in [6.07, 6.45) is 0.966. The Morgan fingerprint density at radius 2 is 1.90 bits per heavy atom. The first-order chi connectivity index (χ1) is 13.7. The maximum atomic E-state index is 13.0. The number of rotatable bonds is 6. The molecule has 154 valence electrons. The van der Waals surface area contributed by atoms with Crippen LogP contribution in [0.1, 0.15) is 60.7 Å². The quantitative estimate of drug-likeness (QED) is 0.540. The predicted octanol–water partition coefficient (Wildman–Crippen LogP) is 2.75. The number of ketones is 1. The van der Waals surface area contributed by atoms with Crippen LogP contribution in [-0.2, 0) is 9.53 Å². The second kappa shape index (κ2) is 7.87. The van der Waals surface area contributed by atoms with Crippen LogP contribution < -0.4 is 5.11 Å². The Morgan fingerprint density at radius 3 is 2.52 bits per heavy atom. The number of ether oxygens (including phenoxy) is 1. The average Bonchev–Trinajstić information content (AvgIpc) is 2.90. The lowest BCUT2D eigenvalue weighted by Gasteiger charge is -2.33. The Bertz CT molecular complexity index is 932. The monoisotopic (exact) mass is 398 g/mol. The number of fused-ring (bicyclic) bond motifs is 1. The van der Waals surface area contributed by atoms with Gasteiger partial charge in [-0.1, -0.05) is 32.6 Å². The van der Waals surface area contributed by atoms with E-state index < -0.39 is 23.3 Å². The van der Waals surface area contributed by atoms with Crippen molar-refractivity contribution in [2.24, 2.45) is 15.6 Å². The number of hydrogen-bond acceptors (Lipinski definition) is 7. The first-order valence-corrected chi connectivity index (χ1v) is 9.55. The van der Waals surface area contributed by atoms with Gasteiger partial charge in [0.25, 0.3) is 11.8 Å². The van der Waals surface area contributed by atoms with Crippen LogP contribution in [0.15, 0.2) is 39.9 Å². The van der Waals surface area contributed by atoms with E-state index in [1.165, 1.54) is 18.1 Å². The summed E-state index contributed by atoms with van der Waals surface area (Å²) in [5, 5.41) is 20.2. The fourth-order valence-electron chi connectivity index (χ4n) is 3.74. The summed E-state index contributed by atoms with van der Waals surface area (Å²) in [4.78, 5) is 39.2. The molecule has 0 bridgehead atoms. The summed E-state index contributed by atoms with van der Waals surface area (Å²) in [7, 11) is 1.51. The van der Waals surface area contributed by atoms with Gasteiger partial charge in [-0.05, 0) is 30.4 Å². The Morgan fingerprint density at radius 1 is 1.17 bits per heavy atom. The second-order valence-electron chi connectivity index (χ2n) is 8.11. The van der Waals surface area contributed by atoms with Crippen molar-refractivity contribution in [1.29, 1.82) is 0 Å². The van der Waals surface area contributed by atoms with Gasteiger partial charge in [0.05, 0.1) is 29.5 Å². The molecule has 29 heavy (non-hydrogen) atoms. The molecule has 8 nitrogen and oxygen atoms in total. The number of imide groups is 1. The molecule has 3 rings (SSSR count). The van der Waals surface area contributed by atoms with E-state index in [2.05, 4.69) is 10.2 Å². The predicted molar refractivity (Wildman–Crippen MR) is 102 cm³/mol. The van der Waals surface area contributed by atoms with Crippen LogP contribution in [0.2, 0.25) is 0 Å². The molecular weight excluding hydrogens is 374 g/mol. The summed E-state index contributed by atoms with van der Waals surface area (Å²) >= 11 is 0. The number of allylic oxidation sites excluding steroid dienone is 2. The third-order valence-corrected chi connectivity index (χ3v) is 5.18. The highest BCUT2D eigenvalue weighted by Gasteiger charge is 2.41. The topological polar surface area (TPSA) is 111 Å². The summed E-state index contributed by atoms with van der Waals surface area (Å²) < 4.78 is 5.13. The normalized spacial score (nSPS) is 20.0. The summed E-state index contributed by atoms with van der Waals surface area (Å²) in [6.45, 7) is 5.80. The van der Waals surface area contributed by atoms with Crippen molar-refractivity contribution in [3.8, 4) is 0 Å². The molecule has 1 atom stereocenters. The summed E-state index contributed by atoms with van der Waals surface area (Å²) in [5.74, 6) is -1.61. The van der Waals surface area contributed by atoms with Gasteiger partial charge in [0, 0.05) is 13.5 Å². The highest BCUT2D eigenvalue weighted by atomic mass is 16.5. The third kappa shape index (κ3) is 3.85. The fourth-order valence-corrected chi connectivity index (χ4v) is 3.74. The Hall–Kier alpha value is -2.87. The Kier molecular flexibility index (Phi) is 5.66. The lowest BCUT2D eigenvalue weighted by Crippen LogP contribution is -2.42. The van der Waals surface area contributed by atoms with Gasteiger partial charge in [-0.2, -0.15) is 0 Å². The van der Waals surface area contributed by atoms with Crippen molar-refractivity contribution in [2.45, 2.75) is 46.1 Å². The number of Topliss-reactive ketones (excluding diaryl/α,β-unsaturated/α-hetero) is 1. The number of methoxy groups -OCH3 is 1. The van der Waals surface area contributed by atoms with E-state index in [-0.39, 0.29) is 53.5 Å².